The summed E-state index contributed by atoms with van der Waals surface area (Å²) in [4.78, 5) is 37.9. The van der Waals surface area contributed by atoms with E-state index in [9.17, 15) is 14.4 Å². The lowest BCUT2D eigenvalue weighted by Crippen LogP contribution is -2.49. The number of aryl methyl sites for hydroxylation is 2. The van der Waals surface area contributed by atoms with Crippen LogP contribution >= 0.6 is 0 Å². The molecular formula is C19H25N3O3. The lowest BCUT2D eigenvalue weighted by atomic mass is 10.0. The van der Waals surface area contributed by atoms with Crippen LogP contribution in [0.1, 0.15) is 56.8 Å². The second kappa shape index (κ2) is 6.17. The summed E-state index contributed by atoms with van der Waals surface area (Å²) in [7, 11) is 0. The highest BCUT2D eigenvalue weighted by Gasteiger charge is 2.47. The number of benzene rings is 1. The summed E-state index contributed by atoms with van der Waals surface area (Å²) < 4.78 is 0. The Kier molecular flexibility index (Phi) is 4.31. The molecule has 0 spiro atoms. The maximum atomic E-state index is 12.6. The van der Waals surface area contributed by atoms with Crippen LogP contribution in [0.4, 0.5) is 4.79 Å². The minimum atomic E-state index is -0.975. The number of nitrogens with one attached hydrogen (secondary N) is 2. The molecular weight excluding hydrogens is 318 g/mol. The van der Waals surface area contributed by atoms with Gasteiger partial charge in [-0.05, 0) is 63.6 Å². The molecule has 2 atom stereocenters. The minimum Gasteiger partial charge on any atom is -0.348 e. The second-order valence-corrected chi connectivity index (χ2v) is 7.52. The normalized spacial score (nSPS) is 20.9. The largest absolute Gasteiger partial charge is 0.348 e. The Labute approximate surface area is 148 Å². The van der Waals surface area contributed by atoms with Crippen molar-refractivity contribution in [2.45, 2.75) is 64.6 Å². The SMILES string of the molecule is C[C@H](NC(=O)[C@H](C)N1C(=O)NC(C)(C)C1=O)c1ccc2c(c1)CCC2. The summed E-state index contributed by atoms with van der Waals surface area (Å²) in [5.74, 6) is -0.723. The zero-order valence-corrected chi connectivity index (χ0v) is 15.2. The number of urea groups is 1. The Morgan fingerprint density at radius 1 is 1.20 bits per heavy atom. The van der Waals surface area contributed by atoms with Gasteiger partial charge in [-0.1, -0.05) is 18.2 Å². The molecule has 2 N–H and O–H groups in total. The number of carbonyl (C=O) groups excluding carboxylic acids is 3. The molecule has 134 valence electrons. The number of nitrogens with zero attached hydrogens (tertiary/aromatic N) is 1. The molecule has 0 unspecified atom stereocenters. The molecule has 1 aliphatic carbocycles. The van der Waals surface area contributed by atoms with Crippen LogP contribution in [0.15, 0.2) is 18.2 Å². The number of rotatable bonds is 4. The van der Waals surface area contributed by atoms with Gasteiger partial charge in [-0.25, -0.2) is 9.69 Å². The smallest absolute Gasteiger partial charge is 0.325 e. The summed E-state index contributed by atoms with van der Waals surface area (Å²) >= 11 is 0. The van der Waals surface area contributed by atoms with Gasteiger partial charge in [-0.2, -0.15) is 0 Å². The molecule has 0 bridgehead atoms. The maximum absolute atomic E-state index is 12.6. The monoisotopic (exact) mass is 343 g/mol. The van der Waals surface area contributed by atoms with Crippen LogP contribution in [-0.2, 0) is 22.4 Å². The van der Waals surface area contributed by atoms with Crippen LogP contribution in [0.2, 0.25) is 0 Å². The third kappa shape index (κ3) is 3.13. The zero-order valence-electron chi connectivity index (χ0n) is 15.2. The van der Waals surface area contributed by atoms with E-state index in [0.717, 1.165) is 23.3 Å². The Morgan fingerprint density at radius 3 is 2.52 bits per heavy atom. The predicted octanol–water partition coefficient (Wildman–Crippen LogP) is 2.07. The average Bonchev–Trinajstić information content (AvgIpc) is 3.08. The summed E-state index contributed by atoms with van der Waals surface area (Å²) in [6, 6.07) is 4.75. The zero-order chi connectivity index (χ0) is 18.4. The highest BCUT2D eigenvalue weighted by Crippen LogP contribution is 2.26. The van der Waals surface area contributed by atoms with Crippen molar-refractivity contribution in [3.05, 3.63) is 34.9 Å². The number of fused-ring (bicyclic) bond motifs is 1. The van der Waals surface area contributed by atoms with Gasteiger partial charge in [0.1, 0.15) is 11.6 Å². The van der Waals surface area contributed by atoms with Crippen molar-refractivity contribution in [2.75, 3.05) is 0 Å². The lowest BCUT2D eigenvalue weighted by molar-refractivity contribution is -0.137. The summed E-state index contributed by atoms with van der Waals surface area (Å²) in [6.07, 6.45) is 3.38. The van der Waals surface area contributed by atoms with Crippen molar-refractivity contribution in [1.29, 1.82) is 0 Å². The fourth-order valence-corrected chi connectivity index (χ4v) is 3.52. The molecule has 1 heterocycles. The highest BCUT2D eigenvalue weighted by molar-refractivity contribution is 6.09. The number of carbonyl (C=O) groups is 3. The molecule has 1 aliphatic heterocycles. The second-order valence-electron chi connectivity index (χ2n) is 7.52. The van der Waals surface area contributed by atoms with Crippen molar-refractivity contribution in [2.24, 2.45) is 0 Å². The van der Waals surface area contributed by atoms with Gasteiger partial charge >= 0.3 is 6.03 Å². The first kappa shape index (κ1) is 17.5. The fraction of sp³-hybridized carbons (Fsp3) is 0.526. The van der Waals surface area contributed by atoms with Gasteiger partial charge in [0.2, 0.25) is 5.91 Å². The van der Waals surface area contributed by atoms with E-state index in [1.54, 1.807) is 20.8 Å². The molecule has 0 radical (unpaired) electrons. The molecule has 6 heteroatoms. The van der Waals surface area contributed by atoms with E-state index in [2.05, 4.69) is 22.8 Å². The van der Waals surface area contributed by atoms with Gasteiger partial charge in [0.05, 0.1) is 6.04 Å². The van der Waals surface area contributed by atoms with E-state index >= 15 is 0 Å². The molecule has 4 amide bonds. The Balaban J connectivity index is 1.69. The van der Waals surface area contributed by atoms with Crippen LogP contribution in [0.5, 0.6) is 0 Å². The molecule has 6 nitrogen and oxygen atoms in total. The van der Waals surface area contributed by atoms with Crippen molar-refractivity contribution >= 4 is 17.8 Å². The van der Waals surface area contributed by atoms with Gasteiger partial charge < -0.3 is 10.6 Å². The Bertz CT molecular complexity index is 741. The maximum Gasteiger partial charge on any atom is 0.325 e. The number of hydrogen-bond donors (Lipinski definition) is 2. The van der Waals surface area contributed by atoms with Gasteiger partial charge in [0.25, 0.3) is 5.91 Å². The van der Waals surface area contributed by atoms with Crippen LogP contribution in [0.25, 0.3) is 0 Å². The third-order valence-electron chi connectivity index (χ3n) is 5.14. The van der Waals surface area contributed by atoms with Crippen LogP contribution in [0, 0.1) is 0 Å². The number of amides is 4. The van der Waals surface area contributed by atoms with E-state index in [4.69, 9.17) is 0 Å². The van der Waals surface area contributed by atoms with E-state index in [-0.39, 0.29) is 17.9 Å². The van der Waals surface area contributed by atoms with Crippen molar-refractivity contribution in [1.82, 2.24) is 15.5 Å². The van der Waals surface area contributed by atoms with Gasteiger partial charge in [0, 0.05) is 0 Å². The van der Waals surface area contributed by atoms with Gasteiger partial charge in [-0.15, -0.1) is 0 Å². The standard InChI is InChI=1S/C19H25N3O3/c1-11(14-9-8-13-6-5-7-15(13)10-14)20-16(23)12(2)22-17(24)19(3,4)21-18(22)25/h8-12H,5-7H2,1-4H3,(H,20,23)(H,21,25)/t11-,12-/m0/s1. The van der Waals surface area contributed by atoms with Gasteiger partial charge in [0.15, 0.2) is 0 Å². The van der Waals surface area contributed by atoms with Crippen molar-refractivity contribution in [3.63, 3.8) is 0 Å². The molecule has 1 aromatic rings. The van der Waals surface area contributed by atoms with Crippen LogP contribution in [-0.4, -0.2) is 34.3 Å². The van der Waals surface area contributed by atoms with Crippen LogP contribution in [0.3, 0.4) is 0 Å². The van der Waals surface area contributed by atoms with Crippen molar-refractivity contribution < 1.29 is 14.4 Å². The molecule has 0 saturated carbocycles. The van der Waals surface area contributed by atoms with E-state index < -0.39 is 17.6 Å². The van der Waals surface area contributed by atoms with E-state index in [1.165, 1.54) is 17.5 Å². The van der Waals surface area contributed by atoms with E-state index in [0.29, 0.717) is 0 Å². The molecule has 3 rings (SSSR count). The lowest BCUT2D eigenvalue weighted by Gasteiger charge is -2.24. The topological polar surface area (TPSA) is 78.5 Å². The summed E-state index contributed by atoms with van der Waals surface area (Å²) in [5, 5.41) is 5.52. The number of imide groups is 1. The average molecular weight is 343 g/mol. The minimum absolute atomic E-state index is 0.186. The Hall–Kier alpha value is -2.37. The Morgan fingerprint density at radius 2 is 1.88 bits per heavy atom. The highest BCUT2D eigenvalue weighted by atomic mass is 16.2. The van der Waals surface area contributed by atoms with Crippen molar-refractivity contribution in [3.8, 4) is 0 Å². The first-order valence-electron chi connectivity index (χ1n) is 8.78. The first-order chi connectivity index (χ1) is 11.7. The third-order valence-corrected chi connectivity index (χ3v) is 5.14. The molecule has 0 aromatic heterocycles. The molecule has 25 heavy (non-hydrogen) atoms. The van der Waals surface area contributed by atoms with Crippen LogP contribution < -0.4 is 10.6 Å². The first-order valence-corrected chi connectivity index (χ1v) is 8.78. The summed E-state index contributed by atoms with van der Waals surface area (Å²) in [6.45, 7) is 6.75. The quantitative estimate of drug-likeness (QED) is 0.822. The summed E-state index contributed by atoms with van der Waals surface area (Å²) in [5.41, 5.74) is 2.80. The molecule has 1 saturated heterocycles. The van der Waals surface area contributed by atoms with Gasteiger partial charge in [-0.3, -0.25) is 9.59 Å². The molecule has 2 aliphatic rings. The predicted molar refractivity (Wildman–Crippen MR) is 93.9 cm³/mol. The van der Waals surface area contributed by atoms with E-state index in [1.807, 2.05) is 13.0 Å². The fourth-order valence-electron chi connectivity index (χ4n) is 3.52. The number of hydrogen-bond acceptors (Lipinski definition) is 3. The molecule has 1 aromatic carbocycles. The molecule has 1 fully saturated rings.